The van der Waals surface area contributed by atoms with E-state index in [-0.39, 0.29) is 0 Å². The number of hydrogen-bond acceptors (Lipinski definition) is 4. The molecule has 0 aromatic carbocycles. The van der Waals surface area contributed by atoms with Gasteiger partial charge in [0.15, 0.2) is 5.13 Å². The van der Waals surface area contributed by atoms with Crippen molar-refractivity contribution in [3.8, 4) is 0 Å². The fraction of sp³-hybridized carbons (Fsp3) is 0.824. The van der Waals surface area contributed by atoms with Crippen molar-refractivity contribution in [1.29, 1.82) is 0 Å². The van der Waals surface area contributed by atoms with Gasteiger partial charge in [0.1, 0.15) is 0 Å². The van der Waals surface area contributed by atoms with Crippen molar-refractivity contribution in [2.75, 3.05) is 18.0 Å². The van der Waals surface area contributed by atoms with Crippen LogP contribution in [0, 0.1) is 0 Å². The van der Waals surface area contributed by atoms with Crippen molar-refractivity contribution in [3.05, 3.63) is 10.6 Å². The Bertz CT molecular complexity index is 406. The minimum absolute atomic E-state index is 0.534. The standard InChI is InChI=1S/C17H31N3S/c1-4-10-15-16(13-18-14(2)3)21-17(19-15)20-11-8-6-5-7-9-12-20/h14,18H,4-13H2,1-3H3. The molecule has 1 fully saturated rings. The number of anilines is 1. The Morgan fingerprint density at radius 1 is 1.14 bits per heavy atom. The van der Waals surface area contributed by atoms with Crippen molar-refractivity contribution in [2.24, 2.45) is 0 Å². The summed E-state index contributed by atoms with van der Waals surface area (Å²) in [7, 11) is 0. The Balaban J connectivity index is 2.08. The second kappa shape index (κ2) is 8.74. The van der Waals surface area contributed by atoms with E-state index in [1.165, 1.54) is 67.3 Å². The zero-order valence-electron chi connectivity index (χ0n) is 14.0. The number of thiazole rings is 1. The third-order valence-corrected chi connectivity index (χ3v) is 5.21. The smallest absolute Gasteiger partial charge is 0.185 e. The Labute approximate surface area is 134 Å². The fourth-order valence-corrected chi connectivity index (χ4v) is 3.92. The Morgan fingerprint density at radius 2 is 1.81 bits per heavy atom. The van der Waals surface area contributed by atoms with E-state index < -0.39 is 0 Å². The van der Waals surface area contributed by atoms with Gasteiger partial charge in [0.2, 0.25) is 0 Å². The summed E-state index contributed by atoms with van der Waals surface area (Å²) in [6.07, 6.45) is 9.11. The monoisotopic (exact) mass is 309 g/mol. The average molecular weight is 310 g/mol. The van der Waals surface area contributed by atoms with Crippen molar-refractivity contribution in [3.63, 3.8) is 0 Å². The summed E-state index contributed by atoms with van der Waals surface area (Å²) in [6.45, 7) is 10.0. The first kappa shape index (κ1) is 16.8. The molecular formula is C17H31N3S. The van der Waals surface area contributed by atoms with Gasteiger partial charge in [-0.1, -0.05) is 46.5 Å². The lowest BCUT2D eigenvalue weighted by atomic mass is 10.1. The van der Waals surface area contributed by atoms with Crippen LogP contribution >= 0.6 is 11.3 Å². The largest absolute Gasteiger partial charge is 0.348 e. The van der Waals surface area contributed by atoms with Crippen LogP contribution in [0.5, 0.6) is 0 Å². The van der Waals surface area contributed by atoms with Crippen LogP contribution in [0.25, 0.3) is 0 Å². The van der Waals surface area contributed by atoms with Gasteiger partial charge in [-0.3, -0.25) is 0 Å². The molecule has 0 spiro atoms. The molecule has 0 aliphatic carbocycles. The first-order valence-corrected chi connectivity index (χ1v) is 9.49. The van der Waals surface area contributed by atoms with Gasteiger partial charge in [0, 0.05) is 30.6 Å². The van der Waals surface area contributed by atoms with Crippen LogP contribution in [0.15, 0.2) is 0 Å². The van der Waals surface area contributed by atoms with Crippen LogP contribution in [-0.2, 0) is 13.0 Å². The summed E-state index contributed by atoms with van der Waals surface area (Å²) in [5, 5.41) is 4.82. The Morgan fingerprint density at radius 3 is 2.43 bits per heavy atom. The van der Waals surface area contributed by atoms with E-state index in [1.54, 1.807) is 0 Å². The maximum Gasteiger partial charge on any atom is 0.185 e. The molecule has 0 radical (unpaired) electrons. The highest BCUT2D eigenvalue weighted by Crippen LogP contribution is 2.29. The van der Waals surface area contributed by atoms with Gasteiger partial charge in [-0.2, -0.15) is 0 Å². The Kier molecular flexibility index (Phi) is 6.97. The third-order valence-electron chi connectivity index (χ3n) is 4.05. The quantitative estimate of drug-likeness (QED) is 0.846. The summed E-state index contributed by atoms with van der Waals surface area (Å²) >= 11 is 1.92. The lowest BCUT2D eigenvalue weighted by Crippen LogP contribution is -2.26. The predicted octanol–water partition coefficient (Wildman–Crippen LogP) is 4.36. The van der Waals surface area contributed by atoms with Crippen LogP contribution in [0.2, 0.25) is 0 Å². The van der Waals surface area contributed by atoms with Gasteiger partial charge < -0.3 is 10.2 Å². The molecule has 4 heteroatoms. The van der Waals surface area contributed by atoms with Crippen LogP contribution in [-0.4, -0.2) is 24.1 Å². The Hall–Kier alpha value is -0.610. The van der Waals surface area contributed by atoms with Gasteiger partial charge in [-0.25, -0.2) is 4.98 Å². The lowest BCUT2D eigenvalue weighted by Gasteiger charge is -2.23. The zero-order valence-corrected chi connectivity index (χ0v) is 14.8. The molecule has 0 amide bonds. The molecule has 0 unspecified atom stereocenters. The highest BCUT2D eigenvalue weighted by Gasteiger charge is 2.16. The maximum absolute atomic E-state index is 4.98. The highest BCUT2D eigenvalue weighted by molar-refractivity contribution is 7.15. The fourth-order valence-electron chi connectivity index (χ4n) is 2.81. The van der Waals surface area contributed by atoms with E-state index in [9.17, 15) is 0 Å². The molecule has 0 bridgehead atoms. The van der Waals surface area contributed by atoms with E-state index in [2.05, 4.69) is 31.0 Å². The molecule has 0 atom stereocenters. The predicted molar refractivity (Wildman–Crippen MR) is 93.4 cm³/mol. The molecule has 21 heavy (non-hydrogen) atoms. The second-order valence-corrected chi connectivity index (χ2v) is 7.47. The van der Waals surface area contributed by atoms with E-state index in [0.717, 1.165) is 13.0 Å². The summed E-state index contributed by atoms with van der Waals surface area (Å²) in [5.41, 5.74) is 1.33. The van der Waals surface area contributed by atoms with Gasteiger partial charge in [0.05, 0.1) is 5.69 Å². The van der Waals surface area contributed by atoms with Crippen LogP contribution in [0.3, 0.4) is 0 Å². The minimum atomic E-state index is 0.534. The van der Waals surface area contributed by atoms with Crippen molar-refractivity contribution in [2.45, 2.75) is 78.3 Å². The number of rotatable bonds is 6. The SMILES string of the molecule is CCCc1nc(N2CCCCCCC2)sc1CNC(C)C. The van der Waals surface area contributed by atoms with E-state index in [4.69, 9.17) is 4.98 Å². The van der Waals surface area contributed by atoms with Crippen molar-refractivity contribution < 1.29 is 0 Å². The molecule has 1 aromatic rings. The number of aromatic nitrogens is 1. The van der Waals surface area contributed by atoms with Gasteiger partial charge in [0.25, 0.3) is 0 Å². The first-order chi connectivity index (χ1) is 10.2. The number of nitrogens with one attached hydrogen (secondary N) is 1. The molecule has 2 heterocycles. The van der Waals surface area contributed by atoms with Gasteiger partial charge in [-0.15, -0.1) is 11.3 Å². The van der Waals surface area contributed by atoms with E-state index >= 15 is 0 Å². The maximum atomic E-state index is 4.98. The van der Waals surface area contributed by atoms with Gasteiger partial charge >= 0.3 is 0 Å². The van der Waals surface area contributed by atoms with E-state index in [0.29, 0.717) is 6.04 Å². The summed E-state index contributed by atoms with van der Waals surface area (Å²) in [4.78, 5) is 8.95. The molecule has 1 aromatic heterocycles. The third kappa shape index (κ3) is 5.26. The van der Waals surface area contributed by atoms with Crippen LogP contribution < -0.4 is 10.2 Å². The molecular weight excluding hydrogens is 278 g/mol. The molecule has 2 rings (SSSR count). The van der Waals surface area contributed by atoms with Crippen LogP contribution in [0.1, 0.15) is 69.9 Å². The minimum Gasteiger partial charge on any atom is -0.348 e. The normalized spacial score (nSPS) is 17.0. The molecule has 1 saturated heterocycles. The average Bonchev–Trinajstić information content (AvgIpc) is 2.79. The van der Waals surface area contributed by atoms with Crippen molar-refractivity contribution in [1.82, 2.24) is 10.3 Å². The lowest BCUT2D eigenvalue weighted by molar-refractivity contribution is 0.555. The highest BCUT2D eigenvalue weighted by atomic mass is 32.1. The van der Waals surface area contributed by atoms with Crippen molar-refractivity contribution >= 4 is 16.5 Å². The first-order valence-electron chi connectivity index (χ1n) is 8.67. The molecule has 120 valence electrons. The summed E-state index contributed by atoms with van der Waals surface area (Å²) < 4.78 is 0. The topological polar surface area (TPSA) is 28.2 Å². The summed E-state index contributed by atoms with van der Waals surface area (Å²) in [6, 6.07) is 0.534. The van der Waals surface area contributed by atoms with E-state index in [1.807, 2.05) is 11.3 Å². The summed E-state index contributed by atoms with van der Waals surface area (Å²) in [5.74, 6) is 0. The molecule has 1 aliphatic rings. The zero-order chi connectivity index (χ0) is 15.1. The number of hydrogen-bond donors (Lipinski definition) is 1. The second-order valence-electron chi connectivity index (χ2n) is 6.41. The molecule has 0 saturated carbocycles. The number of aryl methyl sites for hydroxylation is 1. The van der Waals surface area contributed by atoms with Gasteiger partial charge in [-0.05, 0) is 19.3 Å². The molecule has 1 N–H and O–H groups in total. The van der Waals surface area contributed by atoms with Crippen LogP contribution in [0.4, 0.5) is 5.13 Å². The number of nitrogens with zero attached hydrogens (tertiary/aromatic N) is 2. The molecule has 3 nitrogen and oxygen atoms in total. The molecule has 1 aliphatic heterocycles.